The first-order valence-corrected chi connectivity index (χ1v) is 5.89. The Morgan fingerprint density at radius 3 is 3.17 bits per heavy atom. The summed E-state index contributed by atoms with van der Waals surface area (Å²) >= 11 is 0. The zero-order chi connectivity index (χ0) is 12.5. The number of rotatable bonds is 2. The number of fused-ring (bicyclic) bond motifs is 1. The summed E-state index contributed by atoms with van der Waals surface area (Å²) in [5, 5.41) is 21.1. The second-order valence-electron chi connectivity index (χ2n) is 4.45. The van der Waals surface area contributed by atoms with Crippen LogP contribution in [0.15, 0.2) is 18.5 Å². The second-order valence-corrected chi connectivity index (χ2v) is 4.45. The lowest BCUT2D eigenvalue weighted by atomic mass is 9.98. The molecule has 0 aromatic carbocycles. The summed E-state index contributed by atoms with van der Waals surface area (Å²) in [4.78, 5) is 13.0. The Balaban J connectivity index is 1.86. The highest BCUT2D eigenvalue weighted by Crippen LogP contribution is 2.21. The van der Waals surface area contributed by atoms with E-state index in [0.29, 0.717) is 12.2 Å². The van der Waals surface area contributed by atoms with Gasteiger partial charge in [-0.2, -0.15) is 4.52 Å². The molecule has 0 bridgehead atoms. The van der Waals surface area contributed by atoms with E-state index in [1.165, 1.54) is 6.33 Å². The zero-order valence-corrected chi connectivity index (χ0v) is 9.73. The van der Waals surface area contributed by atoms with Crippen LogP contribution in [0.2, 0.25) is 0 Å². The topological polar surface area (TPSA) is 83.6 Å². The Bertz CT molecular complexity index is 582. The average Bonchev–Trinajstić information content (AvgIpc) is 2.86. The van der Waals surface area contributed by atoms with Gasteiger partial charge in [-0.3, -0.25) is 4.79 Å². The van der Waals surface area contributed by atoms with Gasteiger partial charge in [-0.15, -0.1) is 15.3 Å². The molecule has 1 fully saturated rings. The number of aromatic nitrogens is 4. The molecule has 0 amide bonds. The maximum Gasteiger partial charge on any atom is 0.308 e. The molecule has 1 aliphatic rings. The van der Waals surface area contributed by atoms with Crippen molar-refractivity contribution >= 4 is 17.4 Å². The molecule has 18 heavy (non-hydrogen) atoms. The lowest BCUT2D eigenvalue weighted by Crippen LogP contribution is -2.39. The van der Waals surface area contributed by atoms with Gasteiger partial charge in [-0.05, 0) is 25.0 Å². The molecule has 1 aliphatic heterocycles. The van der Waals surface area contributed by atoms with Gasteiger partial charge in [0, 0.05) is 13.1 Å². The number of piperidine rings is 1. The van der Waals surface area contributed by atoms with Crippen molar-refractivity contribution in [1.29, 1.82) is 0 Å². The molecule has 2 aromatic rings. The molecule has 0 aliphatic carbocycles. The second kappa shape index (κ2) is 4.25. The van der Waals surface area contributed by atoms with Crippen molar-refractivity contribution < 1.29 is 9.90 Å². The van der Waals surface area contributed by atoms with Crippen molar-refractivity contribution in [3.63, 3.8) is 0 Å². The first kappa shape index (κ1) is 10.9. The van der Waals surface area contributed by atoms with E-state index < -0.39 is 5.97 Å². The number of hydrogen-bond acceptors (Lipinski definition) is 5. The van der Waals surface area contributed by atoms with Crippen LogP contribution in [0.3, 0.4) is 0 Å². The van der Waals surface area contributed by atoms with E-state index in [9.17, 15) is 4.79 Å². The van der Waals surface area contributed by atoms with Crippen LogP contribution in [-0.2, 0) is 4.79 Å². The quantitative estimate of drug-likeness (QED) is 0.828. The molecule has 7 heteroatoms. The number of carboxylic acids is 1. The highest BCUT2D eigenvalue weighted by molar-refractivity contribution is 5.71. The third-order valence-corrected chi connectivity index (χ3v) is 3.24. The van der Waals surface area contributed by atoms with Crippen LogP contribution in [0.5, 0.6) is 0 Å². The van der Waals surface area contributed by atoms with Crippen LogP contribution in [-0.4, -0.2) is 44.0 Å². The number of carbonyl (C=O) groups is 1. The van der Waals surface area contributed by atoms with Gasteiger partial charge in [-0.1, -0.05) is 0 Å². The van der Waals surface area contributed by atoms with E-state index in [1.54, 1.807) is 4.52 Å². The molecule has 0 spiro atoms. The number of anilines is 1. The van der Waals surface area contributed by atoms with Crippen molar-refractivity contribution in [2.45, 2.75) is 12.8 Å². The van der Waals surface area contributed by atoms with Crippen LogP contribution in [0.4, 0.5) is 5.82 Å². The Labute approximate surface area is 103 Å². The Kier molecular flexibility index (Phi) is 2.58. The Morgan fingerprint density at radius 2 is 2.33 bits per heavy atom. The van der Waals surface area contributed by atoms with Crippen molar-refractivity contribution in [3.8, 4) is 0 Å². The third kappa shape index (κ3) is 1.87. The summed E-state index contributed by atoms with van der Waals surface area (Å²) in [5.41, 5.74) is 0.686. The predicted molar refractivity (Wildman–Crippen MR) is 63.4 cm³/mol. The van der Waals surface area contributed by atoms with E-state index in [4.69, 9.17) is 5.11 Å². The minimum atomic E-state index is -0.731. The van der Waals surface area contributed by atoms with Crippen molar-refractivity contribution in [2.75, 3.05) is 18.0 Å². The largest absolute Gasteiger partial charge is 0.481 e. The van der Waals surface area contributed by atoms with E-state index in [0.717, 1.165) is 25.2 Å². The van der Waals surface area contributed by atoms with Crippen LogP contribution < -0.4 is 4.90 Å². The maximum absolute atomic E-state index is 11.0. The standard InChI is InChI=1S/C11H13N5O2/c17-11(18)8-2-1-5-15(6-8)10-4-3-9-13-12-7-16(9)14-10/h3-4,7-8H,1-2,5-6H2,(H,17,18). The molecular formula is C11H13N5O2. The third-order valence-electron chi connectivity index (χ3n) is 3.24. The van der Waals surface area contributed by atoms with E-state index >= 15 is 0 Å². The van der Waals surface area contributed by atoms with Gasteiger partial charge in [-0.25, -0.2) is 0 Å². The molecule has 1 atom stereocenters. The molecule has 94 valence electrons. The fourth-order valence-electron chi connectivity index (χ4n) is 2.27. The predicted octanol–water partition coefficient (Wildman–Crippen LogP) is 0.425. The van der Waals surface area contributed by atoms with Crippen LogP contribution >= 0.6 is 0 Å². The summed E-state index contributed by atoms with van der Waals surface area (Å²) in [6.45, 7) is 1.35. The normalized spacial score (nSPS) is 20.2. The van der Waals surface area contributed by atoms with Gasteiger partial charge in [0.2, 0.25) is 0 Å². The van der Waals surface area contributed by atoms with Gasteiger partial charge in [0.1, 0.15) is 12.1 Å². The monoisotopic (exact) mass is 247 g/mol. The first-order valence-electron chi connectivity index (χ1n) is 5.89. The Hall–Kier alpha value is -2.18. The van der Waals surface area contributed by atoms with Crippen molar-refractivity contribution in [1.82, 2.24) is 19.8 Å². The lowest BCUT2D eigenvalue weighted by molar-refractivity contribution is -0.141. The Morgan fingerprint density at radius 1 is 1.44 bits per heavy atom. The fourth-order valence-corrected chi connectivity index (χ4v) is 2.27. The number of carboxylic acid groups (broad SMARTS) is 1. The fraction of sp³-hybridized carbons (Fsp3) is 0.455. The number of hydrogen-bond donors (Lipinski definition) is 1. The molecule has 1 saturated heterocycles. The maximum atomic E-state index is 11.0. The van der Waals surface area contributed by atoms with Gasteiger partial charge in [0.25, 0.3) is 0 Å². The number of aliphatic carboxylic acids is 1. The summed E-state index contributed by atoms with van der Waals surface area (Å²) in [7, 11) is 0. The van der Waals surface area contributed by atoms with Gasteiger partial charge < -0.3 is 10.0 Å². The van der Waals surface area contributed by atoms with Crippen LogP contribution in [0.25, 0.3) is 5.65 Å². The van der Waals surface area contributed by atoms with Gasteiger partial charge in [0.05, 0.1) is 5.92 Å². The van der Waals surface area contributed by atoms with E-state index in [2.05, 4.69) is 15.3 Å². The highest BCUT2D eigenvalue weighted by Gasteiger charge is 2.26. The molecule has 1 unspecified atom stereocenters. The number of nitrogens with zero attached hydrogens (tertiary/aromatic N) is 5. The lowest BCUT2D eigenvalue weighted by Gasteiger charge is -2.31. The molecule has 0 saturated carbocycles. The SMILES string of the molecule is O=C(O)C1CCCN(c2ccc3nncn3n2)C1. The summed E-state index contributed by atoms with van der Waals surface area (Å²) in [6, 6.07) is 3.69. The molecule has 3 heterocycles. The molecule has 2 aromatic heterocycles. The zero-order valence-electron chi connectivity index (χ0n) is 9.73. The van der Waals surface area contributed by atoms with Crippen molar-refractivity contribution in [3.05, 3.63) is 18.5 Å². The van der Waals surface area contributed by atoms with E-state index in [-0.39, 0.29) is 5.92 Å². The van der Waals surface area contributed by atoms with Crippen LogP contribution in [0.1, 0.15) is 12.8 Å². The summed E-state index contributed by atoms with van der Waals surface area (Å²) in [5.74, 6) is -0.268. The minimum absolute atomic E-state index is 0.308. The highest BCUT2D eigenvalue weighted by atomic mass is 16.4. The first-order chi connectivity index (χ1) is 8.74. The molecule has 0 radical (unpaired) electrons. The smallest absolute Gasteiger partial charge is 0.308 e. The summed E-state index contributed by atoms with van der Waals surface area (Å²) < 4.78 is 1.60. The average molecular weight is 247 g/mol. The molecule has 7 nitrogen and oxygen atoms in total. The summed E-state index contributed by atoms with van der Waals surface area (Å²) in [6.07, 6.45) is 3.15. The van der Waals surface area contributed by atoms with Gasteiger partial charge in [0.15, 0.2) is 5.65 Å². The molecule has 1 N–H and O–H groups in total. The van der Waals surface area contributed by atoms with E-state index in [1.807, 2.05) is 17.0 Å². The van der Waals surface area contributed by atoms with Crippen molar-refractivity contribution in [2.24, 2.45) is 5.92 Å². The van der Waals surface area contributed by atoms with Crippen LogP contribution in [0, 0.1) is 5.92 Å². The van der Waals surface area contributed by atoms with Gasteiger partial charge >= 0.3 is 5.97 Å². The molecular weight excluding hydrogens is 234 g/mol. The minimum Gasteiger partial charge on any atom is -0.481 e. The molecule has 3 rings (SSSR count).